The molecular formula is C11H16N4. The number of hydrogen-bond donors (Lipinski definition) is 1. The number of aryl methyl sites for hydroxylation is 1. The molecule has 1 aliphatic carbocycles. The Morgan fingerprint density at radius 3 is 3.20 bits per heavy atom. The fraction of sp³-hybridized carbons (Fsp3) is 0.636. The summed E-state index contributed by atoms with van der Waals surface area (Å²) >= 11 is 0. The van der Waals surface area contributed by atoms with Crippen LogP contribution in [0.5, 0.6) is 0 Å². The third-order valence-electron chi connectivity index (χ3n) is 2.35. The van der Waals surface area contributed by atoms with E-state index in [0.717, 1.165) is 25.3 Å². The summed E-state index contributed by atoms with van der Waals surface area (Å²) in [6, 6.07) is 0.711. The van der Waals surface area contributed by atoms with Crippen LogP contribution >= 0.6 is 0 Å². The molecule has 15 heavy (non-hydrogen) atoms. The highest BCUT2D eigenvalue weighted by Gasteiger charge is 2.20. The molecule has 0 atom stereocenters. The molecule has 4 nitrogen and oxygen atoms in total. The van der Waals surface area contributed by atoms with Gasteiger partial charge in [0.15, 0.2) is 5.82 Å². The summed E-state index contributed by atoms with van der Waals surface area (Å²) in [5, 5.41) is 7.74. The van der Waals surface area contributed by atoms with Crippen LogP contribution in [0.15, 0.2) is 6.33 Å². The number of rotatable bonds is 5. The van der Waals surface area contributed by atoms with Gasteiger partial charge in [-0.05, 0) is 19.8 Å². The molecule has 2 rings (SSSR count). The van der Waals surface area contributed by atoms with Gasteiger partial charge in [0.1, 0.15) is 6.33 Å². The molecule has 0 bridgehead atoms. The maximum Gasteiger partial charge on any atom is 0.164 e. The molecule has 80 valence electrons. The van der Waals surface area contributed by atoms with Gasteiger partial charge in [-0.15, -0.1) is 11.8 Å². The number of aromatic nitrogens is 3. The normalized spacial score (nSPS) is 14.7. The molecule has 0 aliphatic heterocycles. The van der Waals surface area contributed by atoms with Crippen LogP contribution in [-0.4, -0.2) is 20.8 Å². The van der Waals surface area contributed by atoms with Crippen LogP contribution in [0.4, 0.5) is 0 Å². The summed E-state index contributed by atoms with van der Waals surface area (Å²) in [5.41, 5.74) is 0. The van der Waals surface area contributed by atoms with Gasteiger partial charge in [-0.25, -0.2) is 4.98 Å². The zero-order chi connectivity index (χ0) is 10.5. The molecule has 1 aliphatic rings. The number of hydrogen-bond acceptors (Lipinski definition) is 3. The Kier molecular flexibility index (Phi) is 3.36. The average molecular weight is 204 g/mol. The van der Waals surface area contributed by atoms with Crippen molar-refractivity contribution < 1.29 is 0 Å². The van der Waals surface area contributed by atoms with Crippen molar-refractivity contribution in [1.82, 2.24) is 20.1 Å². The van der Waals surface area contributed by atoms with Gasteiger partial charge in [0.2, 0.25) is 0 Å². The number of nitrogens with one attached hydrogen (secondary N) is 1. The highest BCUT2D eigenvalue weighted by Crippen LogP contribution is 2.18. The van der Waals surface area contributed by atoms with Gasteiger partial charge in [0.25, 0.3) is 0 Å². The van der Waals surface area contributed by atoms with Gasteiger partial charge in [-0.2, -0.15) is 5.10 Å². The summed E-state index contributed by atoms with van der Waals surface area (Å²) in [5.74, 6) is 6.76. The first-order valence-corrected chi connectivity index (χ1v) is 5.40. The fourth-order valence-corrected chi connectivity index (χ4v) is 1.34. The first-order valence-electron chi connectivity index (χ1n) is 5.40. The van der Waals surface area contributed by atoms with E-state index >= 15 is 0 Å². The van der Waals surface area contributed by atoms with E-state index < -0.39 is 0 Å². The van der Waals surface area contributed by atoms with E-state index in [4.69, 9.17) is 0 Å². The predicted octanol–water partition coefficient (Wildman–Crippen LogP) is 0.943. The van der Waals surface area contributed by atoms with Crippen molar-refractivity contribution in [2.75, 3.05) is 0 Å². The van der Waals surface area contributed by atoms with E-state index in [1.54, 1.807) is 6.33 Å². The predicted molar refractivity (Wildman–Crippen MR) is 58.0 cm³/mol. The van der Waals surface area contributed by atoms with E-state index in [1.165, 1.54) is 12.8 Å². The molecule has 0 saturated heterocycles. The molecule has 0 unspecified atom stereocenters. The van der Waals surface area contributed by atoms with E-state index in [9.17, 15) is 0 Å². The molecule has 1 aromatic heterocycles. The standard InChI is InChI=1S/C11H16N4/c1-2-3-4-7-15-9-13-11(14-15)8-12-10-5-6-10/h9-10,12H,4-8H2,1H3. The second-order valence-electron chi connectivity index (χ2n) is 3.76. The van der Waals surface area contributed by atoms with Crippen molar-refractivity contribution >= 4 is 0 Å². The third kappa shape index (κ3) is 3.37. The Labute approximate surface area is 90.1 Å². The van der Waals surface area contributed by atoms with Crippen LogP contribution in [0.1, 0.15) is 32.0 Å². The molecule has 0 radical (unpaired) electrons. The van der Waals surface area contributed by atoms with Crippen LogP contribution in [0, 0.1) is 11.8 Å². The summed E-state index contributed by atoms with van der Waals surface area (Å²) in [6.45, 7) is 3.47. The van der Waals surface area contributed by atoms with Crippen molar-refractivity contribution in [1.29, 1.82) is 0 Å². The van der Waals surface area contributed by atoms with Gasteiger partial charge < -0.3 is 5.32 Å². The Hall–Kier alpha value is -1.34. The van der Waals surface area contributed by atoms with Crippen molar-refractivity contribution in [3.63, 3.8) is 0 Å². The molecule has 1 fully saturated rings. The lowest BCUT2D eigenvalue weighted by molar-refractivity contribution is 0.600. The maximum atomic E-state index is 4.36. The number of nitrogens with zero attached hydrogens (tertiary/aromatic N) is 3. The van der Waals surface area contributed by atoms with Crippen LogP contribution in [-0.2, 0) is 13.1 Å². The topological polar surface area (TPSA) is 42.7 Å². The lowest BCUT2D eigenvalue weighted by atomic mass is 10.4. The lowest BCUT2D eigenvalue weighted by Crippen LogP contribution is -2.16. The van der Waals surface area contributed by atoms with Gasteiger partial charge in [0.05, 0.1) is 13.1 Å². The van der Waals surface area contributed by atoms with Crippen LogP contribution < -0.4 is 5.32 Å². The van der Waals surface area contributed by atoms with Gasteiger partial charge in [-0.3, -0.25) is 4.68 Å². The van der Waals surface area contributed by atoms with Crippen molar-refractivity contribution in [3.8, 4) is 11.8 Å². The largest absolute Gasteiger partial charge is 0.307 e. The maximum absolute atomic E-state index is 4.36. The minimum Gasteiger partial charge on any atom is -0.307 e. The van der Waals surface area contributed by atoms with E-state index in [0.29, 0.717) is 6.04 Å². The minimum atomic E-state index is 0.711. The molecular weight excluding hydrogens is 188 g/mol. The van der Waals surface area contributed by atoms with Gasteiger partial charge in [0, 0.05) is 12.5 Å². The SMILES string of the molecule is CC#CCCn1cnc(CNC2CC2)n1. The zero-order valence-corrected chi connectivity index (χ0v) is 9.03. The van der Waals surface area contributed by atoms with E-state index in [1.807, 2.05) is 11.6 Å². The fourth-order valence-electron chi connectivity index (χ4n) is 1.34. The Bertz CT molecular complexity index is 367. The monoisotopic (exact) mass is 204 g/mol. The molecule has 0 spiro atoms. The highest BCUT2D eigenvalue weighted by molar-refractivity contribution is 4.94. The lowest BCUT2D eigenvalue weighted by Gasteiger charge is -1.97. The molecule has 1 aromatic rings. The quantitative estimate of drug-likeness (QED) is 0.726. The van der Waals surface area contributed by atoms with E-state index in [-0.39, 0.29) is 0 Å². The zero-order valence-electron chi connectivity index (χ0n) is 9.03. The smallest absolute Gasteiger partial charge is 0.164 e. The summed E-state index contributed by atoms with van der Waals surface area (Å²) in [4.78, 5) is 4.24. The Morgan fingerprint density at radius 2 is 2.47 bits per heavy atom. The summed E-state index contributed by atoms with van der Waals surface area (Å²) in [6.07, 6.45) is 5.22. The van der Waals surface area contributed by atoms with Crippen molar-refractivity contribution in [2.45, 2.75) is 45.3 Å². The average Bonchev–Trinajstić information content (AvgIpc) is 2.97. The first kappa shape index (κ1) is 10.2. The molecule has 0 aromatic carbocycles. The second kappa shape index (κ2) is 4.94. The molecule has 4 heteroatoms. The van der Waals surface area contributed by atoms with Crippen molar-refractivity contribution in [3.05, 3.63) is 12.2 Å². The van der Waals surface area contributed by atoms with Gasteiger partial charge >= 0.3 is 0 Å². The molecule has 0 amide bonds. The van der Waals surface area contributed by atoms with Gasteiger partial charge in [-0.1, -0.05) is 0 Å². The molecule has 1 heterocycles. The minimum absolute atomic E-state index is 0.711. The van der Waals surface area contributed by atoms with Crippen molar-refractivity contribution in [2.24, 2.45) is 0 Å². The van der Waals surface area contributed by atoms with Crippen LogP contribution in [0.25, 0.3) is 0 Å². The second-order valence-corrected chi connectivity index (χ2v) is 3.76. The summed E-state index contributed by atoms with van der Waals surface area (Å²) < 4.78 is 1.86. The first-order chi connectivity index (χ1) is 7.38. The van der Waals surface area contributed by atoms with Crippen LogP contribution in [0.2, 0.25) is 0 Å². The van der Waals surface area contributed by atoms with Crippen LogP contribution in [0.3, 0.4) is 0 Å². The third-order valence-corrected chi connectivity index (χ3v) is 2.35. The Morgan fingerprint density at radius 1 is 1.60 bits per heavy atom. The molecule has 1 saturated carbocycles. The van der Waals surface area contributed by atoms with E-state index in [2.05, 4.69) is 27.2 Å². The highest BCUT2D eigenvalue weighted by atomic mass is 15.3. The summed E-state index contributed by atoms with van der Waals surface area (Å²) in [7, 11) is 0. The molecule has 1 N–H and O–H groups in total. The Balaban J connectivity index is 1.76.